The summed E-state index contributed by atoms with van der Waals surface area (Å²) in [5, 5.41) is 5.30. The third-order valence-electron chi connectivity index (χ3n) is 2.75. The lowest BCUT2D eigenvalue weighted by molar-refractivity contribution is -0.120. The highest BCUT2D eigenvalue weighted by atomic mass is 19.2. The van der Waals surface area contributed by atoms with Gasteiger partial charge in [0.1, 0.15) is 0 Å². The van der Waals surface area contributed by atoms with Crippen molar-refractivity contribution < 1.29 is 18.0 Å². The van der Waals surface area contributed by atoms with Gasteiger partial charge in [-0.3, -0.25) is 4.79 Å². The van der Waals surface area contributed by atoms with Gasteiger partial charge in [-0.1, -0.05) is 13.8 Å². The van der Waals surface area contributed by atoms with Crippen molar-refractivity contribution in [3.8, 4) is 0 Å². The third kappa shape index (κ3) is 5.11. The van der Waals surface area contributed by atoms with E-state index in [1.54, 1.807) is 0 Å². The summed E-state index contributed by atoms with van der Waals surface area (Å²) in [4.78, 5) is 11.4. The molecule has 0 spiro atoms. The number of halogens is 3. The summed E-state index contributed by atoms with van der Waals surface area (Å²) in [6.45, 7) is 4.85. The summed E-state index contributed by atoms with van der Waals surface area (Å²) in [6, 6.07) is 1.94. The first-order valence-electron chi connectivity index (χ1n) is 6.56. The molecular weight excluding hydrogens is 269 g/mol. The van der Waals surface area contributed by atoms with Gasteiger partial charge >= 0.3 is 0 Å². The molecular formula is C14H19F3N2O. The standard InChI is InChI=1S/C14H19F3N2O/c1-9(2)5-7-19-12(20)6-8-18-11-4-3-10(15)13(16)14(11)17/h3-4,9,18H,5-8H2,1-2H3,(H,19,20). The van der Waals surface area contributed by atoms with Crippen LogP contribution in [0.4, 0.5) is 18.9 Å². The minimum absolute atomic E-state index is 0.135. The molecule has 1 amide bonds. The number of rotatable bonds is 7. The summed E-state index contributed by atoms with van der Waals surface area (Å²) in [5.41, 5.74) is -0.154. The number of amides is 1. The molecule has 20 heavy (non-hydrogen) atoms. The van der Waals surface area contributed by atoms with E-state index in [1.165, 1.54) is 0 Å². The van der Waals surface area contributed by atoms with E-state index in [2.05, 4.69) is 24.5 Å². The highest BCUT2D eigenvalue weighted by Gasteiger charge is 2.13. The third-order valence-corrected chi connectivity index (χ3v) is 2.75. The fourth-order valence-corrected chi connectivity index (χ4v) is 1.56. The van der Waals surface area contributed by atoms with Gasteiger partial charge in [0.25, 0.3) is 0 Å². The average Bonchev–Trinajstić information content (AvgIpc) is 2.38. The van der Waals surface area contributed by atoms with Crippen LogP contribution in [-0.2, 0) is 4.79 Å². The average molecular weight is 288 g/mol. The molecule has 0 fully saturated rings. The van der Waals surface area contributed by atoms with E-state index < -0.39 is 17.5 Å². The molecule has 0 saturated carbocycles. The topological polar surface area (TPSA) is 41.1 Å². The number of anilines is 1. The number of carbonyl (C=O) groups is 1. The number of benzene rings is 1. The molecule has 2 N–H and O–H groups in total. The molecule has 6 heteroatoms. The first-order valence-corrected chi connectivity index (χ1v) is 6.56. The molecule has 0 aromatic heterocycles. The second kappa shape index (κ2) is 7.77. The van der Waals surface area contributed by atoms with Crippen LogP contribution in [0.2, 0.25) is 0 Å². The lowest BCUT2D eigenvalue weighted by atomic mass is 10.1. The molecule has 0 radical (unpaired) electrons. The Morgan fingerprint density at radius 1 is 1.15 bits per heavy atom. The van der Waals surface area contributed by atoms with Gasteiger partial charge in [0.05, 0.1) is 5.69 Å². The predicted octanol–water partition coefficient (Wildman–Crippen LogP) is 3.07. The highest BCUT2D eigenvalue weighted by Crippen LogP contribution is 2.19. The van der Waals surface area contributed by atoms with E-state index in [1.807, 2.05) is 0 Å². The van der Waals surface area contributed by atoms with Gasteiger partial charge in [-0.25, -0.2) is 13.2 Å². The zero-order valence-corrected chi connectivity index (χ0v) is 11.6. The van der Waals surface area contributed by atoms with Crippen molar-refractivity contribution in [1.82, 2.24) is 5.32 Å². The Morgan fingerprint density at radius 2 is 1.85 bits per heavy atom. The van der Waals surface area contributed by atoms with Crippen molar-refractivity contribution in [2.24, 2.45) is 5.92 Å². The summed E-state index contributed by atoms with van der Waals surface area (Å²) in [5.74, 6) is -3.69. The molecule has 0 aliphatic carbocycles. The lowest BCUT2D eigenvalue weighted by Gasteiger charge is -2.09. The van der Waals surface area contributed by atoms with Crippen molar-refractivity contribution in [1.29, 1.82) is 0 Å². The van der Waals surface area contributed by atoms with Crippen LogP contribution in [0, 0.1) is 23.4 Å². The van der Waals surface area contributed by atoms with E-state index in [4.69, 9.17) is 0 Å². The Kier molecular flexibility index (Phi) is 6.35. The molecule has 0 aliphatic heterocycles. The molecule has 112 valence electrons. The summed E-state index contributed by atoms with van der Waals surface area (Å²) in [7, 11) is 0. The molecule has 0 saturated heterocycles. The summed E-state index contributed by atoms with van der Waals surface area (Å²) < 4.78 is 39.0. The van der Waals surface area contributed by atoms with Gasteiger partial charge in [-0.05, 0) is 24.5 Å². The zero-order valence-electron chi connectivity index (χ0n) is 11.6. The predicted molar refractivity (Wildman–Crippen MR) is 71.9 cm³/mol. The van der Waals surface area contributed by atoms with Crippen LogP contribution >= 0.6 is 0 Å². The van der Waals surface area contributed by atoms with Crippen LogP contribution in [0.3, 0.4) is 0 Å². The van der Waals surface area contributed by atoms with E-state index in [-0.39, 0.29) is 24.6 Å². The first kappa shape index (κ1) is 16.3. The fourth-order valence-electron chi connectivity index (χ4n) is 1.56. The minimum Gasteiger partial charge on any atom is -0.382 e. The SMILES string of the molecule is CC(C)CCNC(=O)CCNc1ccc(F)c(F)c1F. The van der Waals surface area contributed by atoms with E-state index in [0.717, 1.165) is 18.6 Å². The van der Waals surface area contributed by atoms with Crippen molar-refractivity contribution in [3.05, 3.63) is 29.6 Å². The maximum atomic E-state index is 13.3. The Balaban J connectivity index is 2.34. The van der Waals surface area contributed by atoms with Crippen molar-refractivity contribution in [2.75, 3.05) is 18.4 Å². The van der Waals surface area contributed by atoms with Gasteiger partial charge in [-0.2, -0.15) is 0 Å². The van der Waals surface area contributed by atoms with Crippen molar-refractivity contribution in [3.63, 3.8) is 0 Å². The van der Waals surface area contributed by atoms with Crippen LogP contribution in [0.5, 0.6) is 0 Å². The number of nitrogens with one attached hydrogen (secondary N) is 2. The van der Waals surface area contributed by atoms with Gasteiger partial charge < -0.3 is 10.6 Å². The van der Waals surface area contributed by atoms with Crippen molar-refractivity contribution in [2.45, 2.75) is 26.7 Å². The molecule has 0 atom stereocenters. The van der Waals surface area contributed by atoms with E-state index >= 15 is 0 Å². The van der Waals surface area contributed by atoms with Crippen molar-refractivity contribution >= 4 is 11.6 Å². The molecule has 1 aromatic carbocycles. The maximum Gasteiger partial charge on any atom is 0.221 e. The second-order valence-corrected chi connectivity index (χ2v) is 4.93. The van der Waals surface area contributed by atoms with Gasteiger partial charge in [0.15, 0.2) is 17.5 Å². The second-order valence-electron chi connectivity index (χ2n) is 4.93. The fraction of sp³-hybridized carbons (Fsp3) is 0.500. The molecule has 1 rings (SSSR count). The van der Waals surface area contributed by atoms with Gasteiger partial charge in [-0.15, -0.1) is 0 Å². The zero-order chi connectivity index (χ0) is 15.1. The highest BCUT2D eigenvalue weighted by molar-refractivity contribution is 5.76. The molecule has 0 bridgehead atoms. The largest absolute Gasteiger partial charge is 0.382 e. The van der Waals surface area contributed by atoms with Crippen LogP contribution in [0.1, 0.15) is 26.7 Å². The Morgan fingerprint density at radius 3 is 2.50 bits per heavy atom. The maximum absolute atomic E-state index is 13.3. The molecule has 0 heterocycles. The summed E-state index contributed by atoms with van der Waals surface area (Å²) >= 11 is 0. The van der Waals surface area contributed by atoms with Crippen LogP contribution < -0.4 is 10.6 Å². The van der Waals surface area contributed by atoms with E-state index in [9.17, 15) is 18.0 Å². The molecule has 0 aliphatic rings. The van der Waals surface area contributed by atoms with E-state index in [0.29, 0.717) is 12.5 Å². The van der Waals surface area contributed by atoms with Gasteiger partial charge in [0, 0.05) is 19.5 Å². The normalized spacial score (nSPS) is 10.7. The smallest absolute Gasteiger partial charge is 0.221 e. The monoisotopic (exact) mass is 288 g/mol. The Hall–Kier alpha value is -1.72. The Labute approximate surface area is 116 Å². The molecule has 1 aromatic rings. The van der Waals surface area contributed by atoms with Gasteiger partial charge in [0.2, 0.25) is 5.91 Å². The number of hydrogen-bond acceptors (Lipinski definition) is 2. The minimum atomic E-state index is -1.52. The number of hydrogen-bond donors (Lipinski definition) is 2. The van der Waals surface area contributed by atoms with Crippen LogP contribution in [0.15, 0.2) is 12.1 Å². The number of carbonyl (C=O) groups excluding carboxylic acids is 1. The quantitative estimate of drug-likeness (QED) is 0.757. The van der Waals surface area contributed by atoms with Crippen LogP contribution in [0.25, 0.3) is 0 Å². The Bertz CT molecular complexity index is 464. The molecule has 0 unspecified atom stereocenters. The summed E-state index contributed by atoms with van der Waals surface area (Å²) in [6.07, 6.45) is 1.02. The lowest BCUT2D eigenvalue weighted by Crippen LogP contribution is -2.27. The van der Waals surface area contributed by atoms with Crippen LogP contribution in [-0.4, -0.2) is 19.0 Å². The molecule has 3 nitrogen and oxygen atoms in total. The first-order chi connectivity index (χ1) is 9.41.